The summed E-state index contributed by atoms with van der Waals surface area (Å²) in [5.74, 6) is -2.66. The molecule has 0 aliphatic carbocycles. The van der Waals surface area contributed by atoms with E-state index in [0.717, 1.165) is 6.42 Å². The first-order valence-corrected chi connectivity index (χ1v) is 9.45. The third-order valence-corrected chi connectivity index (χ3v) is 4.28. The summed E-state index contributed by atoms with van der Waals surface area (Å²) >= 11 is 0. The van der Waals surface area contributed by atoms with Crippen LogP contribution in [0.25, 0.3) is 5.69 Å². The number of hydrogen-bond acceptors (Lipinski definition) is 7. The Morgan fingerprint density at radius 2 is 1.97 bits per heavy atom. The minimum absolute atomic E-state index is 0.123. The number of rotatable bonds is 9. The molecule has 1 heterocycles. The van der Waals surface area contributed by atoms with E-state index in [0.29, 0.717) is 29.4 Å². The molecule has 174 valence electrons. The van der Waals surface area contributed by atoms with Crippen LogP contribution in [0.1, 0.15) is 37.9 Å². The first kappa shape index (κ1) is 24.8. The van der Waals surface area contributed by atoms with Gasteiger partial charge < -0.3 is 9.47 Å². The van der Waals surface area contributed by atoms with Crippen molar-refractivity contribution >= 4 is 11.7 Å². The van der Waals surface area contributed by atoms with Crippen molar-refractivity contribution in [2.45, 2.75) is 39.3 Å². The summed E-state index contributed by atoms with van der Waals surface area (Å²) in [4.78, 5) is 37.8. The second-order valence-corrected chi connectivity index (χ2v) is 6.49. The van der Waals surface area contributed by atoms with Crippen molar-refractivity contribution in [3.63, 3.8) is 0 Å². The molecular weight excluding hydrogens is 442 g/mol. The molecule has 2 aromatic rings. The van der Waals surface area contributed by atoms with E-state index in [9.17, 15) is 37.3 Å². The van der Waals surface area contributed by atoms with E-state index in [1.165, 1.54) is 6.92 Å². The van der Waals surface area contributed by atoms with Crippen LogP contribution in [-0.4, -0.2) is 33.7 Å². The van der Waals surface area contributed by atoms with Crippen molar-refractivity contribution in [2.75, 3.05) is 13.2 Å². The summed E-state index contributed by atoms with van der Waals surface area (Å²) in [5.41, 5.74) is -4.88. The Hall–Kier alpha value is -3.51. The summed E-state index contributed by atoms with van der Waals surface area (Å²) in [7, 11) is 0. The molecule has 0 amide bonds. The number of nitrogens with zero attached hydrogens (tertiary/aromatic N) is 3. The zero-order valence-electron chi connectivity index (χ0n) is 17.1. The van der Waals surface area contributed by atoms with Crippen molar-refractivity contribution in [1.29, 1.82) is 0 Å². The predicted octanol–water partition coefficient (Wildman–Crippen LogP) is 3.58. The SMILES string of the molecule is CCCCOC(=O)COc1cc(F)c(-n2cnc(C(F)(F)F)c(CC)c2=O)cc1[N+](=O)[O-]. The third kappa shape index (κ3) is 5.59. The van der Waals surface area contributed by atoms with E-state index < -0.39 is 63.4 Å². The number of benzene rings is 1. The highest BCUT2D eigenvalue weighted by Crippen LogP contribution is 2.33. The molecule has 0 aliphatic heterocycles. The number of unbranched alkanes of at least 4 members (excludes halogenated alkanes) is 1. The molecule has 0 atom stereocenters. The van der Waals surface area contributed by atoms with Crippen LogP contribution < -0.4 is 10.3 Å². The van der Waals surface area contributed by atoms with Gasteiger partial charge in [-0.3, -0.25) is 19.5 Å². The summed E-state index contributed by atoms with van der Waals surface area (Å²) in [6.45, 7) is 2.55. The van der Waals surface area contributed by atoms with Crippen LogP contribution in [-0.2, 0) is 22.1 Å². The average molecular weight is 461 g/mol. The van der Waals surface area contributed by atoms with Crippen molar-refractivity contribution in [1.82, 2.24) is 9.55 Å². The molecule has 0 spiro atoms. The van der Waals surface area contributed by atoms with Crippen LogP contribution in [0.5, 0.6) is 5.75 Å². The van der Waals surface area contributed by atoms with Gasteiger partial charge in [0.05, 0.1) is 17.2 Å². The van der Waals surface area contributed by atoms with E-state index in [1.54, 1.807) is 0 Å². The lowest BCUT2D eigenvalue weighted by Gasteiger charge is -2.14. The molecule has 0 N–H and O–H groups in total. The molecule has 1 aromatic carbocycles. The van der Waals surface area contributed by atoms with Crippen LogP contribution in [0, 0.1) is 15.9 Å². The molecular formula is C19H19F4N3O6. The van der Waals surface area contributed by atoms with Crippen molar-refractivity contribution in [3.8, 4) is 11.4 Å². The van der Waals surface area contributed by atoms with Crippen LogP contribution in [0.3, 0.4) is 0 Å². The Kier molecular flexibility index (Phi) is 7.89. The van der Waals surface area contributed by atoms with E-state index in [1.807, 2.05) is 6.92 Å². The predicted molar refractivity (Wildman–Crippen MR) is 102 cm³/mol. The number of esters is 1. The number of hydrogen-bond donors (Lipinski definition) is 0. The zero-order chi connectivity index (χ0) is 24.1. The first-order valence-electron chi connectivity index (χ1n) is 9.45. The molecule has 0 bridgehead atoms. The number of nitro benzene ring substituents is 1. The highest BCUT2D eigenvalue weighted by atomic mass is 19.4. The van der Waals surface area contributed by atoms with E-state index in [2.05, 4.69) is 4.98 Å². The molecule has 0 aliphatic rings. The van der Waals surface area contributed by atoms with Crippen molar-refractivity contribution in [2.24, 2.45) is 0 Å². The fourth-order valence-corrected chi connectivity index (χ4v) is 2.71. The quantitative estimate of drug-likeness (QED) is 0.184. The van der Waals surface area contributed by atoms with Gasteiger partial charge in [0.1, 0.15) is 6.33 Å². The fraction of sp³-hybridized carbons (Fsp3) is 0.421. The maximum atomic E-state index is 14.7. The zero-order valence-corrected chi connectivity index (χ0v) is 17.1. The number of halogens is 4. The maximum absolute atomic E-state index is 14.7. The lowest BCUT2D eigenvalue weighted by atomic mass is 10.1. The van der Waals surface area contributed by atoms with Crippen molar-refractivity contribution in [3.05, 3.63) is 56.0 Å². The molecule has 0 radical (unpaired) electrons. The topological polar surface area (TPSA) is 114 Å². The van der Waals surface area contributed by atoms with Gasteiger partial charge in [0, 0.05) is 17.7 Å². The second kappa shape index (κ2) is 10.2. The Balaban J connectivity index is 2.45. The molecule has 1 aromatic heterocycles. The van der Waals surface area contributed by atoms with Gasteiger partial charge in [-0.25, -0.2) is 14.2 Å². The summed E-state index contributed by atoms with van der Waals surface area (Å²) in [6.07, 6.45) is -3.45. The molecule has 0 saturated carbocycles. The summed E-state index contributed by atoms with van der Waals surface area (Å²) < 4.78 is 64.2. The second-order valence-electron chi connectivity index (χ2n) is 6.49. The van der Waals surface area contributed by atoms with E-state index in [-0.39, 0.29) is 13.0 Å². The van der Waals surface area contributed by atoms with Crippen molar-refractivity contribution < 1.29 is 36.8 Å². The largest absolute Gasteiger partial charge is 0.475 e. The van der Waals surface area contributed by atoms with Gasteiger partial charge in [0.2, 0.25) is 5.75 Å². The van der Waals surface area contributed by atoms with Crippen LogP contribution in [0.4, 0.5) is 23.2 Å². The highest BCUT2D eigenvalue weighted by Gasteiger charge is 2.37. The molecule has 2 rings (SSSR count). The lowest BCUT2D eigenvalue weighted by molar-refractivity contribution is -0.385. The smallest absolute Gasteiger partial charge is 0.433 e. The number of ether oxygens (including phenoxy) is 2. The van der Waals surface area contributed by atoms with Gasteiger partial charge in [0.25, 0.3) is 5.56 Å². The Bertz CT molecular complexity index is 1070. The van der Waals surface area contributed by atoms with Crippen LogP contribution >= 0.6 is 0 Å². The lowest BCUT2D eigenvalue weighted by Crippen LogP contribution is -2.28. The summed E-state index contributed by atoms with van der Waals surface area (Å²) in [6, 6.07) is 1.17. The molecule has 32 heavy (non-hydrogen) atoms. The normalized spacial score (nSPS) is 11.3. The molecule has 13 heteroatoms. The monoisotopic (exact) mass is 461 g/mol. The minimum atomic E-state index is -4.91. The Morgan fingerprint density at radius 3 is 2.53 bits per heavy atom. The maximum Gasteiger partial charge on any atom is 0.433 e. The Morgan fingerprint density at radius 1 is 1.28 bits per heavy atom. The summed E-state index contributed by atoms with van der Waals surface area (Å²) in [5, 5.41) is 11.4. The highest BCUT2D eigenvalue weighted by molar-refractivity contribution is 5.71. The molecule has 0 fully saturated rings. The number of carbonyl (C=O) groups excluding carboxylic acids is 1. The van der Waals surface area contributed by atoms with Gasteiger partial charge in [-0.15, -0.1) is 0 Å². The molecule has 0 saturated heterocycles. The fourth-order valence-electron chi connectivity index (χ4n) is 2.71. The van der Waals surface area contributed by atoms with Gasteiger partial charge in [-0.2, -0.15) is 13.2 Å². The minimum Gasteiger partial charge on any atom is -0.475 e. The third-order valence-electron chi connectivity index (χ3n) is 4.28. The number of aromatic nitrogens is 2. The van der Waals surface area contributed by atoms with Crippen LogP contribution in [0.15, 0.2) is 23.3 Å². The van der Waals surface area contributed by atoms with Gasteiger partial charge >= 0.3 is 17.8 Å². The standard InChI is InChI=1S/C19H19F4N3O6/c1-3-5-6-31-16(27)9-32-15-7-12(20)13(8-14(15)26(29)30)25-10-24-17(19(21,22)23)11(4-2)18(25)28/h7-8,10H,3-6,9H2,1-2H3. The molecule has 0 unspecified atom stereocenters. The molecule has 9 nitrogen and oxygen atoms in total. The van der Waals surface area contributed by atoms with Gasteiger partial charge in [0.15, 0.2) is 18.1 Å². The van der Waals surface area contributed by atoms with Gasteiger partial charge in [-0.1, -0.05) is 20.3 Å². The van der Waals surface area contributed by atoms with E-state index in [4.69, 9.17) is 9.47 Å². The number of carbonyl (C=O) groups is 1. The average Bonchev–Trinajstić information content (AvgIpc) is 2.71. The van der Waals surface area contributed by atoms with Gasteiger partial charge in [-0.05, 0) is 12.8 Å². The number of alkyl halides is 3. The van der Waals surface area contributed by atoms with Crippen LogP contribution in [0.2, 0.25) is 0 Å². The number of nitro groups is 1. The van der Waals surface area contributed by atoms with E-state index >= 15 is 0 Å². The first-order chi connectivity index (χ1) is 15.0. The Labute approximate surface area is 178 Å².